The van der Waals surface area contributed by atoms with Gasteiger partial charge in [-0.15, -0.1) is 0 Å². The van der Waals surface area contributed by atoms with Gasteiger partial charge in [0.1, 0.15) is 36.7 Å². The number of quaternary nitrogens is 1. The van der Waals surface area contributed by atoms with Gasteiger partial charge in [0.15, 0.2) is 11.4 Å². The van der Waals surface area contributed by atoms with E-state index in [2.05, 4.69) is 20.2 Å². The Bertz CT molecular complexity index is 1660. The summed E-state index contributed by atoms with van der Waals surface area (Å²) in [6.45, 7) is 3.36. The fourth-order valence-corrected chi connectivity index (χ4v) is 8.19. The Morgan fingerprint density at radius 2 is 1.80 bits per heavy atom. The molecule has 4 saturated heterocycles. The first-order valence-electron chi connectivity index (χ1n) is 14.7. The van der Waals surface area contributed by atoms with E-state index in [1.165, 1.54) is 0 Å². The average molecular weight is 576 g/mol. The second-order valence-corrected chi connectivity index (χ2v) is 12.7. The Labute approximate surface area is 242 Å². The van der Waals surface area contributed by atoms with Crippen molar-refractivity contribution in [1.29, 1.82) is 0 Å². The van der Waals surface area contributed by atoms with Gasteiger partial charge in [-0.25, -0.2) is 9.60 Å². The molecule has 0 radical (unpaired) electrons. The number of aromatic nitrogens is 3. The number of halogens is 2. The van der Waals surface area contributed by atoms with E-state index < -0.39 is 5.82 Å². The zero-order valence-corrected chi connectivity index (χ0v) is 23.6. The van der Waals surface area contributed by atoms with E-state index in [4.69, 9.17) is 21.3 Å². The van der Waals surface area contributed by atoms with Crippen LogP contribution in [0.25, 0.3) is 32.9 Å². The molecule has 212 valence electrons. The lowest BCUT2D eigenvalue weighted by atomic mass is 9.95. The van der Waals surface area contributed by atoms with Crippen LogP contribution in [-0.4, -0.2) is 75.2 Å². The Hall–Kier alpha value is -3.11. The molecule has 4 aliphatic heterocycles. The van der Waals surface area contributed by atoms with Gasteiger partial charge in [0.25, 0.3) is 0 Å². The number of anilines is 1. The smallest absolute Gasteiger partial charge is 0.319 e. The van der Waals surface area contributed by atoms with Crippen molar-refractivity contribution < 1.29 is 19.0 Å². The van der Waals surface area contributed by atoms with Gasteiger partial charge in [-0.1, -0.05) is 41.9 Å². The van der Waals surface area contributed by atoms with E-state index in [-0.39, 0.29) is 27.4 Å². The summed E-state index contributed by atoms with van der Waals surface area (Å²) in [5.74, 6) is 0.131. The minimum absolute atomic E-state index is 0.0544. The van der Waals surface area contributed by atoms with Crippen LogP contribution in [0.3, 0.4) is 0 Å². The number of hydroxylamine groups is 3. The molecule has 4 fully saturated rings. The lowest BCUT2D eigenvalue weighted by molar-refractivity contribution is -1.12. The molecule has 2 aromatic heterocycles. The molecule has 8 rings (SSSR count). The fraction of sp³-hybridized carbons (Fsp3) is 0.452. The van der Waals surface area contributed by atoms with Crippen LogP contribution >= 0.6 is 11.6 Å². The molecule has 2 N–H and O–H groups in total. The number of pyridine rings is 1. The maximum atomic E-state index is 16.6. The summed E-state index contributed by atoms with van der Waals surface area (Å²) in [6.07, 6.45) is 7.64. The first-order valence-corrected chi connectivity index (χ1v) is 15.1. The molecule has 0 aliphatic carbocycles. The molecule has 8 nitrogen and oxygen atoms in total. The Morgan fingerprint density at radius 3 is 2.56 bits per heavy atom. The molecule has 41 heavy (non-hydrogen) atoms. The van der Waals surface area contributed by atoms with E-state index in [0.717, 1.165) is 75.5 Å². The van der Waals surface area contributed by atoms with Crippen molar-refractivity contribution in [3.05, 3.63) is 53.4 Å². The molecule has 4 aliphatic rings. The number of hydrogen-bond donors (Lipinski definition) is 2. The predicted molar refractivity (Wildman–Crippen MR) is 156 cm³/mol. The summed E-state index contributed by atoms with van der Waals surface area (Å²) >= 11 is 6.60. The van der Waals surface area contributed by atoms with Gasteiger partial charge in [0.05, 0.1) is 5.39 Å². The van der Waals surface area contributed by atoms with E-state index in [9.17, 15) is 5.21 Å². The second-order valence-electron chi connectivity index (χ2n) is 12.3. The molecular formula is C31H33ClFN6O2+. The first kappa shape index (κ1) is 25.6. The quantitative estimate of drug-likeness (QED) is 0.305. The molecule has 6 heterocycles. The van der Waals surface area contributed by atoms with Crippen molar-refractivity contribution in [3.63, 3.8) is 0 Å². The van der Waals surface area contributed by atoms with Gasteiger partial charge in [-0.3, -0.25) is 4.98 Å². The maximum absolute atomic E-state index is 16.6. The second kappa shape index (κ2) is 9.46. The van der Waals surface area contributed by atoms with Crippen molar-refractivity contribution in [2.45, 2.75) is 56.1 Å². The van der Waals surface area contributed by atoms with Gasteiger partial charge < -0.3 is 15.0 Å². The largest absolute Gasteiger partial charge is 0.457 e. The lowest BCUT2D eigenvalue weighted by Gasteiger charge is -2.36. The average Bonchev–Trinajstić information content (AvgIpc) is 3.60. The van der Waals surface area contributed by atoms with Crippen LogP contribution in [-0.2, 0) is 0 Å². The van der Waals surface area contributed by atoms with E-state index in [1.807, 2.05) is 36.4 Å². The highest BCUT2D eigenvalue weighted by Crippen LogP contribution is 2.45. The molecule has 0 saturated carbocycles. The van der Waals surface area contributed by atoms with E-state index in [0.29, 0.717) is 40.5 Å². The molecule has 0 amide bonds. The van der Waals surface area contributed by atoms with Crippen molar-refractivity contribution in [2.75, 3.05) is 37.7 Å². The molecule has 2 aromatic carbocycles. The fourth-order valence-electron chi connectivity index (χ4n) is 7.91. The summed E-state index contributed by atoms with van der Waals surface area (Å²) in [4.78, 5) is 16.4. The summed E-state index contributed by atoms with van der Waals surface area (Å²) in [5.41, 5.74) is 0.649. The zero-order valence-electron chi connectivity index (χ0n) is 22.8. The number of piperazine rings is 1. The number of hydrogen-bond acceptors (Lipinski definition) is 7. The number of nitrogens with zero attached hydrogens (tertiary/aromatic N) is 5. The summed E-state index contributed by atoms with van der Waals surface area (Å²) in [7, 11) is 0. The van der Waals surface area contributed by atoms with E-state index in [1.54, 1.807) is 6.20 Å². The summed E-state index contributed by atoms with van der Waals surface area (Å²) in [6, 6.07) is 12.2. The highest BCUT2D eigenvalue weighted by molar-refractivity contribution is 6.36. The normalized spacial score (nSPS) is 29.0. The van der Waals surface area contributed by atoms with Crippen molar-refractivity contribution in [2.24, 2.45) is 0 Å². The van der Waals surface area contributed by atoms with Crippen molar-refractivity contribution in [3.8, 4) is 17.3 Å². The Balaban J connectivity index is 1.25. The highest BCUT2D eigenvalue weighted by atomic mass is 35.5. The predicted octanol–water partition coefficient (Wildman–Crippen LogP) is 5.49. The van der Waals surface area contributed by atoms with Crippen LogP contribution in [0.5, 0.6) is 6.01 Å². The van der Waals surface area contributed by atoms with Gasteiger partial charge in [-0.05, 0) is 24.3 Å². The Kier molecular flexibility index (Phi) is 5.90. The van der Waals surface area contributed by atoms with Crippen LogP contribution in [0.1, 0.15) is 38.5 Å². The van der Waals surface area contributed by atoms with Crippen LogP contribution < -0.4 is 15.0 Å². The van der Waals surface area contributed by atoms with Crippen LogP contribution in [0.15, 0.2) is 42.6 Å². The van der Waals surface area contributed by atoms with Gasteiger partial charge in [-0.2, -0.15) is 14.6 Å². The number of benzene rings is 2. The monoisotopic (exact) mass is 575 g/mol. The number of ether oxygens (including phenoxy) is 1. The highest BCUT2D eigenvalue weighted by Gasteiger charge is 2.59. The summed E-state index contributed by atoms with van der Waals surface area (Å²) < 4.78 is 23.0. The van der Waals surface area contributed by atoms with Gasteiger partial charge in [0, 0.05) is 73.0 Å². The Morgan fingerprint density at radius 1 is 1.07 bits per heavy atom. The lowest BCUT2D eigenvalue weighted by Crippen LogP contribution is -2.57. The van der Waals surface area contributed by atoms with E-state index >= 15 is 4.39 Å². The van der Waals surface area contributed by atoms with Crippen LogP contribution in [0, 0.1) is 5.82 Å². The molecule has 2 unspecified atom stereocenters. The third kappa shape index (κ3) is 4.00. The van der Waals surface area contributed by atoms with Crippen LogP contribution in [0.4, 0.5) is 10.2 Å². The van der Waals surface area contributed by atoms with Crippen molar-refractivity contribution in [1.82, 2.24) is 20.3 Å². The number of fused-ring (bicyclic) bond motifs is 5. The topological polar surface area (TPSA) is 83.4 Å². The SMILES string of the molecule is O[N+]12CCCC1(COc1nc(N3CC4CCC(C3)N4)c3cnc(-c4cccc5cccc(Cl)c45)c(F)c3n1)CCC2. The minimum atomic E-state index is -0.520. The maximum Gasteiger partial charge on any atom is 0.319 e. The zero-order chi connectivity index (χ0) is 27.8. The molecule has 2 atom stereocenters. The molecular weight excluding hydrogens is 543 g/mol. The summed E-state index contributed by atoms with van der Waals surface area (Å²) in [5, 5.41) is 17.7. The third-order valence-electron chi connectivity index (χ3n) is 9.96. The molecule has 10 heteroatoms. The van der Waals surface area contributed by atoms with Gasteiger partial charge >= 0.3 is 6.01 Å². The minimum Gasteiger partial charge on any atom is -0.457 e. The molecule has 4 aromatic rings. The standard InChI is InChI=1S/C31H33ClFN6O2/c32-24-8-2-6-19-5-1-7-22(25(19)24)27-26(33)28-23(15-34-27)29(38-16-20-9-10-21(17-38)35-20)37-30(36-28)41-18-31-11-3-13-39(31,40)14-4-12-31/h1-2,5-8,15,20-21,35,40H,3-4,9-14,16-18H2/q+1. The first-order chi connectivity index (χ1) is 19.9. The van der Waals surface area contributed by atoms with Crippen LogP contribution in [0.2, 0.25) is 5.02 Å². The number of rotatable bonds is 5. The van der Waals surface area contributed by atoms with Gasteiger partial charge in [0.2, 0.25) is 0 Å². The van der Waals surface area contributed by atoms with Crippen molar-refractivity contribution >= 4 is 39.1 Å². The third-order valence-corrected chi connectivity index (χ3v) is 10.3. The molecule has 2 bridgehead atoms. The number of nitrogens with one attached hydrogen (secondary N) is 1. The molecule has 0 spiro atoms.